The smallest absolute Gasteiger partial charge is 0.328 e. The Hall–Kier alpha value is -3.60. The van der Waals surface area contributed by atoms with Crippen LogP contribution in [-0.2, 0) is 18.4 Å². The Morgan fingerprint density at radius 1 is 1.28 bits per heavy atom. The summed E-state index contributed by atoms with van der Waals surface area (Å²) in [6, 6.07) is 5.37. The Kier molecular flexibility index (Phi) is 4.59. The molecule has 1 unspecified atom stereocenters. The number of hydrogen-bond donors (Lipinski definition) is 0. The average Bonchev–Trinajstić information content (AvgIpc) is 3.30. The number of imidazole rings is 1. The zero-order chi connectivity index (χ0) is 20.7. The van der Waals surface area contributed by atoms with Crippen LogP contribution >= 0.6 is 0 Å². The number of aryl methyl sites for hydroxylation is 2. The summed E-state index contributed by atoms with van der Waals surface area (Å²) < 4.78 is 9.03. The van der Waals surface area contributed by atoms with Gasteiger partial charge in [-0.25, -0.2) is 4.79 Å². The molecule has 1 aromatic heterocycles. The molecule has 0 fully saturated rings. The molecule has 0 saturated carbocycles. The van der Waals surface area contributed by atoms with E-state index in [1.165, 1.54) is 4.90 Å². The number of carbonyl (C=O) groups excluding carboxylic acids is 1. The van der Waals surface area contributed by atoms with Gasteiger partial charge >= 0.3 is 5.69 Å². The minimum absolute atomic E-state index is 0.0816. The van der Waals surface area contributed by atoms with E-state index in [1.807, 2.05) is 18.2 Å². The SMILES string of the molecule is COc1c(C2=CN(C)C(=O)C3N=CC=C23)ccc2c1n(CCCC#N)c(=O)n2C. The van der Waals surface area contributed by atoms with Crippen LogP contribution in [-0.4, -0.2) is 46.4 Å². The van der Waals surface area contributed by atoms with Crippen molar-refractivity contribution >= 4 is 28.7 Å². The summed E-state index contributed by atoms with van der Waals surface area (Å²) in [4.78, 5) is 31.0. The summed E-state index contributed by atoms with van der Waals surface area (Å²) in [5, 5.41) is 8.86. The molecule has 2 aliphatic heterocycles. The summed E-state index contributed by atoms with van der Waals surface area (Å²) in [7, 11) is 5.00. The van der Waals surface area contributed by atoms with Gasteiger partial charge in [-0.2, -0.15) is 5.26 Å². The Morgan fingerprint density at radius 2 is 2.07 bits per heavy atom. The number of ether oxygens (including phenoxy) is 1. The van der Waals surface area contributed by atoms with Crippen LogP contribution in [0.5, 0.6) is 5.75 Å². The number of allylic oxidation sites excluding steroid dienone is 1. The van der Waals surface area contributed by atoms with Gasteiger partial charge in [-0.15, -0.1) is 0 Å². The van der Waals surface area contributed by atoms with E-state index in [4.69, 9.17) is 10.00 Å². The van der Waals surface area contributed by atoms with E-state index in [0.29, 0.717) is 30.7 Å². The first-order valence-electron chi connectivity index (χ1n) is 9.35. The molecular weight excluding hydrogens is 370 g/mol. The van der Waals surface area contributed by atoms with Crippen molar-refractivity contribution in [1.29, 1.82) is 5.26 Å². The van der Waals surface area contributed by atoms with Gasteiger partial charge in [0.1, 0.15) is 5.52 Å². The molecule has 1 aromatic carbocycles. The molecular formula is C21H21N5O3. The number of carbonyl (C=O) groups is 1. The number of unbranched alkanes of at least 4 members (excludes halogenated alkanes) is 1. The highest BCUT2D eigenvalue weighted by Crippen LogP contribution is 2.41. The average molecular weight is 391 g/mol. The second kappa shape index (κ2) is 7.09. The lowest BCUT2D eigenvalue weighted by Crippen LogP contribution is -2.36. The molecule has 0 N–H and O–H groups in total. The van der Waals surface area contributed by atoms with Crippen molar-refractivity contribution in [3.63, 3.8) is 0 Å². The molecule has 1 atom stereocenters. The van der Waals surface area contributed by atoms with E-state index in [0.717, 1.165) is 22.2 Å². The lowest BCUT2D eigenvalue weighted by atomic mass is 9.90. The maximum absolute atomic E-state index is 12.8. The number of rotatable bonds is 5. The second-order valence-corrected chi connectivity index (χ2v) is 7.08. The standard InChI is InChI=1S/C21H21N5O3/c1-24-12-15(13-8-10-23-17(13)20(24)27)14-6-7-16-18(19(14)29-3)26(11-5-4-9-22)21(28)25(16)2/h6-8,10,12,17H,4-5,11H2,1-3H3. The first-order valence-corrected chi connectivity index (χ1v) is 9.35. The molecule has 0 bridgehead atoms. The van der Waals surface area contributed by atoms with Gasteiger partial charge < -0.3 is 9.64 Å². The Balaban J connectivity index is 1.94. The van der Waals surface area contributed by atoms with E-state index in [-0.39, 0.29) is 11.6 Å². The predicted molar refractivity (Wildman–Crippen MR) is 110 cm³/mol. The fourth-order valence-corrected chi connectivity index (χ4v) is 3.98. The molecule has 0 saturated heterocycles. The normalized spacial score (nSPS) is 17.9. The summed E-state index contributed by atoms with van der Waals surface area (Å²) in [6.07, 6.45) is 6.22. The molecule has 0 radical (unpaired) electrons. The van der Waals surface area contributed by atoms with Crippen LogP contribution in [0.25, 0.3) is 16.6 Å². The lowest BCUT2D eigenvalue weighted by Gasteiger charge is -2.27. The van der Waals surface area contributed by atoms with Crippen LogP contribution in [0.1, 0.15) is 18.4 Å². The highest BCUT2D eigenvalue weighted by Gasteiger charge is 2.35. The predicted octanol–water partition coefficient (Wildman–Crippen LogP) is 1.84. The van der Waals surface area contributed by atoms with Crippen molar-refractivity contribution in [3.05, 3.63) is 46.0 Å². The minimum Gasteiger partial charge on any atom is -0.494 e. The summed E-state index contributed by atoms with van der Waals surface area (Å²) in [6.45, 7) is 0.426. The van der Waals surface area contributed by atoms with E-state index < -0.39 is 6.04 Å². The topological polar surface area (TPSA) is 92.6 Å². The zero-order valence-corrected chi connectivity index (χ0v) is 16.5. The number of amides is 1. The third kappa shape index (κ3) is 2.78. The van der Waals surface area contributed by atoms with Crippen LogP contribution in [0.4, 0.5) is 0 Å². The van der Waals surface area contributed by atoms with Crippen molar-refractivity contribution in [2.24, 2.45) is 12.0 Å². The molecule has 2 aliphatic rings. The maximum Gasteiger partial charge on any atom is 0.328 e. The molecule has 2 aromatic rings. The lowest BCUT2D eigenvalue weighted by molar-refractivity contribution is -0.128. The number of methoxy groups -OCH3 is 1. The van der Waals surface area contributed by atoms with Crippen LogP contribution in [0.3, 0.4) is 0 Å². The van der Waals surface area contributed by atoms with Crippen LogP contribution in [0.15, 0.2) is 39.8 Å². The molecule has 29 heavy (non-hydrogen) atoms. The summed E-state index contributed by atoms with van der Waals surface area (Å²) in [5.41, 5.74) is 3.74. The third-order valence-corrected chi connectivity index (χ3v) is 5.42. The van der Waals surface area contributed by atoms with E-state index in [2.05, 4.69) is 11.1 Å². The number of aliphatic imine (C=N–C) groups is 1. The summed E-state index contributed by atoms with van der Waals surface area (Å²) >= 11 is 0. The number of likely N-dealkylation sites (N-methyl/N-ethyl adjacent to an activating group) is 1. The number of aromatic nitrogens is 2. The van der Waals surface area contributed by atoms with Gasteiger partial charge in [0, 0.05) is 50.6 Å². The third-order valence-electron chi connectivity index (χ3n) is 5.42. The van der Waals surface area contributed by atoms with Crippen molar-refractivity contribution in [1.82, 2.24) is 14.0 Å². The van der Waals surface area contributed by atoms with Crippen molar-refractivity contribution in [2.75, 3.05) is 14.2 Å². The molecule has 3 heterocycles. The molecule has 148 valence electrons. The summed E-state index contributed by atoms with van der Waals surface area (Å²) in [5.74, 6) is 0.486. The van der Waals surface area contributed by atoms with E-state index in [9.17, 15) is 9.59 Å². The van der Waals surface area contributed by atoms with Gasteiger partial charge in [0.25, 0.3) is 5.91 Å². The molecule has 1 amide bonds. The Morgan fingerprint density at radius 3 is 2.79 bits per heavy atom. The quantitative estimate of drug-likeness (QED) is 0.727. The van der Waals surface area contributed by atoms with Gasteiger partial charge in [0.05, 0.1) is 18.7 Å². The fourth-order valence-electron chi connectivity index (χ4n) is 3.98. The number of hydrogen-bond acceptors (Lipinski definition) is 5. The fraction of sp³-hybridized carbons (Fsp3) is 0.333. The van der Waals surface area contributed by atoms with Crippen molar-refractivity contribution < 1.29 is 9.53 Å². The Bertz CT molecular complexity index is 1210. The van der Waals surface area contributed by atoms with Crippen LogP contribution < -0.4 is 10.4 Å². The van der Waals surface area contributed by atoms with Gasteiger partial charge in [-0.3, -0.25) is 18.9 Å². The van der Waals surface area contributed by atoms with Gasteiger partial charge in [-0.05, 0) is 30.2 Å². The highest BCUT2D eigenvalue weighted by atomic mass is 16.5. The Labute approximate surface area is 167 Å². The van der Waals surface area contributed by atoms with Gasteiger partial charge in [0.15, 0.2) is 11.8 Å². The number of benzene rings is 1. The van der Waals surface area contributed by atoms with E-state index >= 15 is 0 Å². The molecule has 4 rings (SSSR count). The number of nitrogens with zero attached hydrogens (tertiary/aromatic N) is 5. The second-order valence-electron chi connectivity index (χ2n) is 7.08. The monoisotopic (exact) mass is 391 g/mol. The first-order chi connectivity index (χ1) is 14.0. The first kappa shape index (κ1) is 18.7. The molecule has 8 heteroatoms. The zero-order valence-electron chi connectivity index (χ0n) is 16.5. The number of nitriles is 1. The molecule has 8 nitrogen and oxygen atoms in total. The van der Waals surface area contributed by atoms with Gasteiger partial charge in [-0.1, -0.05) is 0 Å². The van der Waals surface area contributed by atoms with Crippen LogP contribution in [0.2, 0.25) is 0 Å². The molecule has 0 spiro atoms. The highest BCUT2D eigenvalue weighted by molar-refractivity contribution is 6.05. The molecule has 0 aliphatic carbocycles. The largest absolute Gasteiger partial charge is 0.494 e. The maximum atomic E-state index is 12.8. The van der Waals surface area contributed by atoms with E-state index in [1.54, 1.807) is 42.8 Å². The van der Waals surface area contributed by atoms with Crippen LogP contribution in [0, 0.1) is 11.3 Å². The minimum atomic E-state index is -0.547. The van der Waals surface area contributed by atoms with Crippen molar-refractivity contribution in [3.8, 4) is 11.8 Å². The van der Waals surface area contributed by atoms with Crippen molar-refractivity contribution in [2.45, 2.75) is 25.4 Å². The number of fused-ring (bicyclic) bond motifs is 2. The van der Waals surface area contributed by atoms with Gasteiger partial charge in [0.2, 0.25) is 0 Å².